The third kappa shape index (κ3) is 3.84. The number of aryl methyl sites for hydroxylation is 2. The van der Waals surface area contributed by atoms with Crippen LogP contribution in [0.5, 0.6) is 0 Å². The zero-order chi connectivity index (χ0) is 13.7. The maximum atomic E-state index is 11.9. The van der Waals surface area contributed by atoms with Crippen LogP contribution in [0.3, 0.4) is 0 Å². The molecular formula is C15H24N2O. The lowest BCUT2D eigenvalue weighted by molar-refractivity contribution is -0.123. The van der Waals surface area contributed by atoms with Crippen LogP contribution in [0.4, 0.5) is 0 Å². The molecule has 3 N–H and O–H groups in total. The van der Waals surface area contributed by atoms with E-state index in [0.29, 0.717) is 0 Å². The van der Waals surface area contributed by atoms with Crippen molar-refractivity contribution in [2.24, 2.45) is 5.73 Å². The van der Waals surface area contributed by atoms with Gasteiger partial charge in [-0.05, 0) is 38.3 Å². The van der Waals surface area contributed by atoms with Crippen LogP contribution in [0.15, 0.2) is 18.2 Å². The van der Waals surface area contributed by atoms with E-state index in [0.717, 1.165) is 18.4 Å². The number of nitrogens with two attached hydrogens (primary N) is 1. The highest BCUT2D eigenvalue weighted by molar-refractivity contribution is 5.81. The minimum Gasteiger partial charge on any atom is -0.348 e. The maximum absolute atomic E-state index is 11.9. The summed E-state index contributed by atoms with van der Waals surface area (Å²) in [6, 6.07) is 5.88. The van der Waals surface area contributed by atoms with Gasteiger partial charge in [0.25, 0.3) is 0 Å². The number of hydrogen-bond acceptors (Lipinski definition) is 2. The molecular weight excluding hydrogens is 224 g/mol. The topological polar surface area (TPSA) is 55.1 Å². The van der Waals surface area contributed by atoms with Gasteiger partial charge in [-0.3, -0.25) is 4.79 Å². The summed E-state index contributed by atoms with van der Waals surface area (Å²) in [5.74, 6) is -0.0646. The molecule has 1 amide bonds. The van der Waals surface area contributed by atoms with Crippen LogP contribution in [0.1, 0.15) is 49.4 Å². The number of amides is 1. The van der Waals surface area contributed by atoms with Crippen molar-refractivity contribution in [2.75, 3.05) is 0 Å². The molecule has 1 rings (SSSR count). The fourth-order valence-electron chi connectivity index (χ4n) is 2.07. The Kier molecular flexibility index (Phi) is 5.35. The molecule has 1 aromatic rings. The maximum Gasteiger partial charge on any atom is 0.237 e. The second kappa shape index (κ2) is 6.55. The van der Waals surface area contributed by atoms with E-state index < -0.39 is 6.04 Å². The van der Waals surface area contributed by atoms with E-state index >= 15 is 0 Å². The number of benzene rings is 1. The Hall–Kier alpha value is -1.35. The predicted molar refractivity (Wildman–Crippen MR) is 75.4 cm³/mol. The molecule has 2 unspecified atom stereocenters. The first kappa shape index (κ1) is 14.7. The molecule has 18 heavy (non-hydrogen) atoms. The minimum absolute atomic E-state index is 0.000283. The largest absolute Gasteiger partial charge is 0.348 e. The Balaban J connectivity index is 2.73. The molecule has 0 saturated carbocycles. The second-order valence-electron chi connectivity index (χ2n) is 4.99. The van der Waals surface area contributed by atoms with E-state index in [-0.39, 0.29) is 11.9 Å². The van der Waals surface area contributed by atoms with Gasteiger partial charge in [-0.15, -0.1) is 0 Å². The zero-order valence-electron chi connectivity index (χ0n) is 11.8. The van der Waals surface area contributed by atoms with Gasteiger partial charge in [-0.1, -0.05) is 37.1 Å². The highest BCUT2D eigenvalue weighted by Gasteiger charge is 2.16. The van der Waals surface area contributed by atoms with E-state index in [9.17, 15) is 4.79 Å². The Labute approximate surface area is 110 Å². The molecule has 0 spiro atoms. The first-order valence-corrected chi connectivity index (χ1v) is 6.58. The first-order chi connectivity index (χ1) is 8.45. The molecule has 2 atom stereocenters. The van der Waals surface area contributed by atoms with Gasteiger partial charge in [0.15, 0.2) is 0 Å². The van der Waals surface area contributed by atoms with Gasteiger partial charge < -0.3 is 11.1 Å². The number of hydrogen-bond donors (Lipinski definition) is 2. The highest BCUT2D eigenvalue weighted by Crippen LogP contribution is 2.18. The second-order valence-corrected chi connectivity index (χ2v) is 4.99. The summed E-state index contributed by atoms with van der Waals surface area (Å²) in [5.41, 5.74) is 9.36. The van der Waals surface area contributed by atoms with Crippen LogP contribution in [-0.2, 0) is 4.79 Å². The lowest BCUT2D eigenvalue weighted by atomic mass is 9.99. The number of carbonyl (C=O) groups is 1. The van der Waals surface area contributed by atoms with E-state index in [2.05, 4.69) is 37.4 Å². The Bertz CT molecular complexity index is 415. The van der Waals surface area contributed by atoms with Crippen LogP contribution in [0.25, 0.3) is 0 Å². The summed E-state index contributed by atoms with van der Waals surface area (Å²) in [6.45, 7) is 8.14. The minimum atomic E-state index is -0.400. The van der Waals surface area contributed by atoms with Gasteiger partial charge in [0.1, 0.15) is 0 Å². The van der Waals surface area contributed by atoms with E-state index in [1.165, 1.54) is 11.1 Å². The lowest BCUT2D eigenvalue weighted by Crippen LogP contribution is -2.41. The number of nitrogens with one attached hydrogen (secondary N) is 1. The fraction of sp³-hybridized carbons (Fsp3) is 0.533. The van der Waals surface area contributed by atoms with Gasteiger partial charge in [-0.2, -0.15) is 0 Å². The third-order valence-corrected chi connectivity index (χ3v) is 3.20. The van der Waals surface area contributed by atoms with Gasteiger partial charge in [0.2, 0.25) is 5.91 Å². The van der Waals surface area contributed by atoms with Gasteiger partial charge in [-0.25, -0.2) is 0 Å². The third-order valence-electron chi connectivity index (χ3n) is 3.20. The zero-order valence-corrected chi connectivity index (χ0v) is 11.8. The smallest absolute Gasteiger partial charge is 0.237 e. The molecule has 0 radical (unpaired) electrons. The molecule has 3 nitrogen and oxygen atoms in total. The molecule has 0 aliphatic heterocycles. The molecule has 0 aromatic heterocycles. The SMILES string of the molecule is CCCC(N)C(=O)NC(C)c1cc(C)ccc1C. The molecule has 0 saturated heterocycles. The Morgan fingerprint density at radius 2 is 2.06 bits per heavy atom. The summed E-state index contributed by atoms with van der Waals surface area (Å²) in [4.78, 5) is 11.9. The van der Waals surface area contributed by atoms with E-state index in [4.69, 9.17) is 5.73 Å². The van der Waals surface area contributed by atoms with Gasteiger partial charge in [0.05, 0.1) is 12.1 Å². The van der Waals surface area contributed by atoms with Crippen molar-refractivity contribution in [3.8, 4) is 0 Å². The van der Waals surface area contributed by atoms with Crippen molar-refractivity contribution in [2.45, 2.75) is 52.6 Å². The van der Waals surface area contributed by atoms with Crippen LogP contribution in [0.2, 0.25) is 0 Å². The number of rotatable bonds is 5. The average molecular weight is 248 g/mol. The normalized spacial score (nSPS) is 14.1. The molecule has 0 bridgehead atoms. The summed E-state index contributed by atoms with van der Waals surface area (Å²) >= 11 is 0. The molecule has 0 aliphatic rings. The predicted octanol–water partition coefficient (Wildman–Crippen LogP) is 2.61. The standard InChI is InChI=1S/C15H24N2O/c1-5-6-14(16)15(18)17-12(4)13-9-10(2)7-8-11(13)3/h7-9,12,14H,5-6,16H2,1-4H3,(H,17,18). The molecule has 0 aliphatic carbocycles. The summed E-state index contributed by atoms with van der Waals surface area (Å²) in [5, 5.41) is 2.98. The molecule has 3 heteroatoms. The lowest BCUT2D eigenvalue weighted by Gasteiger charge is -2.19. The molecule has 1 aromatic carbocycles. The quantitative estimate of drug-likeness (QED) is 0.841. The molecule has 0 fully saturated rings. The summed E-state index contributed by atoms with van der Waals surface area (Å²) in [6.07, 6.45) is 1.65. The van der Waals surface area contributed by atoms with Crippen molar-refractivity contribution in [3.05, 3.63) is 34.9 Å². The first-order valence-electron chi connectivity index (χ1n) is 6.58. The molecule has 0 heterocycles. The van der Waals surface area contributed by atoms with Crippen molar-refractivity contribution in [1.29, 1.82) is 0 Å². The molecule has 100 valence electrons. The highest BCUT2D eigenvalue weighted by atomic mass is 16.2. The monoisotopic (exact) mass is 248 g/mol. The van der Waals surface area contributed by atoms with Crippen LogP contribution in [-0.4, -0.2) is 11.9 Å². The van der Waals surface area contributed by atoms with Crippen molar-refractivity contribution < 1.29 is 4.79 Å². The van der Waals surface area contributed by atoms with Crippen LogP contribution >= 0.6 is 0 Å². The van der Waals surface area contributed by atoms with Gasteiger partial charge >= 0.3 is 0 Å². The summed E-state index contributed by atoms with van der Waals surface area (Å²) < 4.78 is 0. The van der Waals surface area contributed by atoms with Crippen molar-refractivity contribution in [1.82, 2.24) is 5.32 Å². The van der Waals surface area contributed by atoms with Crippen molar-refractivity contribution in [3.63, 3.8) is 0 Å². The Morgan fingerprint density at radius 1 is 1.39 bits per heavy atom. The van der Waals surface area contributed by atoms with Crippen molar-refractivity contribution >= 4 is 5.91 Å². The van der Waals surface area contributed by atoms with E-state index in [1.807, 2.05) is 13.8 Å². The van der Waals surface area contributed by atoms with Gasteiger partial charge in [0, 0.05) is 0 Å². The fourth-order valence-corrected chi connectivity index (χ4v) is 2.07. The average Bonchev–Trinajstić information content (AvgIpc) is 2.32. The summed E-state index contributed by atoms with van der Waals surface area (Å²) in [7, 11) is 0. The Morgan fingerprint density at radius 3 is 2.67 bits per heavy atom. The van der Waals surface area contributed by atoms with Crippen LogP contribution in [0, 0.1) is 13.8 Å². The number of carbonyl (C=O) groups excluding carboxylic acids is 1. The van der Waals surface area contributed by atoms with Crippen LogP contribution < -0.4 is 11.1 Å². The van der Waals surface area contributed by atoms with E-state index in [1.54, 1.807) is 0 Å².